The van der Waals surface area contributed by atoms with Crippen molar-refractivity contribution in [1.82, 2.24) is 15.1 Å². The van der Waals surface area contributed by atoms with Crippen LogP contribution in [-0.4, -0.2) is 28.2 Å². The second kappa shape index (κ2) is 5.39. The highest BCUT2D eigenvalue weighted by atomic mass is 32.1. The molecule has 2 rings (SSSR count). The van der Waals surface area contributed by atoms with Crippen LogP contribution in [0.4, 0.5) is 5.13 Å². The number of rotatable bonds is 3. The molecule has 0 atom stereocenters. The molecule has 1 aromatic heterocycles. The van der Waals surface area contributed by atoms with Crippen molar-refractivity contribution < 1.29 is 0 Å². The fraction of sp³-hybridized carbons (Fsp3) is 0.778. The second-order valence-corrected chi connectivity index (χ2v) is 4.90. The molecular weight excluding hydrogens is 210 g/mol. The fourth-order valence-electron chi connectivity index (χ4n) is 1.86. The average Bonchev–Trinajstić information content (AvgIpc) is 2.54. The Bertz CT molecular complexity index is 292. The first-order chi connectivity index (χ1) is 7.38. The minimum atomic E-state index is 0.694. The monoisotopic (exact) mass is 227 g/mol. The maximum Gasteiger partial charge on any atom is 0.219 e. The molecule has 6 heteroatoms. The normalized spacial score (nSPS) is 18.7. The van der Waals surface area contributed by atoms with Crippen LogP contribution in [0.1, 0.15) is 30.7 Å². The summed E-state index contributed by atoms with van der Waals surface area (Å²) in [5, 5.41) is 9.77. The van der Waals surface area contributed by atoms with Gasteiger partial charge in [-0.3, -0.25) is 10.3 Å². The lowest BCUT2D eigenvalue weighted by molar-refractivity contribution is 0.276. The standard InChI is InChI=1S/C9H17N5S/c10-11-9-13-12-8(15-9)7-14-5-3-1-2-4-6-14/h1-7,10H2,(H,11,13). The number of hydrogen-bond acceptors (Lipinski definition) is 6. The zero-order valence-corrected chi connectivity index (χ0v) is 9.59. The average molecular weight is 227 g/mol. The molecule has 1 fully saturated rings. The van der Waals surface area contributed by atoms with Gasteiger partial charge in [-0.2, -0.15) is 0 Å². The van der Waals surface area contributed by atoms with E-state index in [1.165, 1.54) is 50.1 Å². The molecule has 0 spiro atoms. The fourth-order valence-corrected chi connectivity index (χ4v) is 2.55. The molecule has 1 saturated heterocycles. The minimum absolute atomic E-state index is 0.694. The smallest absolute Gasteiger partial charge is 0.219 e. The van der Waals surface area contributed by atoms with Gasteiger partial charge in [0.25, 0.3) is 0 Å². The van der Waals surface area contributed by atoms with Gasteiger partial charge in [-0.1, -0.05) is 24.2 Å². The molecule has 0 amide bonds. The Balaban J connectivity index is 1.89. The van der Waals surface area contributed by atoms with E-state index in [0.29, 0.717) is 5.13 Å². The van der Waals surface area contributed by atoms with Gasteiger partial charge in [0, 0.05) is 0 Å². The highest BCUT2D eigenvalue weighted by Gasteiger charge is 2.11. The third-order valence-corrected chi connectivity index (χ3v) is 3.49. The summed E-state index contributed by atoms with van der Waals surface area (Å²) in [6.45, 7) is 3.29. The summed E-state index contributed by atoms with van der Waals surface area (Å²) in [5.74, 6) is 5.27. The Morgan fingerprint density at radius 1 is 1.20 bits per heavy atom. The molecule has 5 nitrogen and oxygen atoms in total. The van der Waals surface area contributed by atoms with E-state index in [1.54, 1.807) is 0 Å². The molecule has 0 saturated carbocycles. The predicted octanol–water partition coefficient (Wildman–Crippen LogP) is 1.20. The van der Waals surface area contributed by atoms with E-state index >= 15 is 0 Å². The van der Waals surface area contributed by atoms with E-state index in [2.05, 4.69) is 20.5 Å². The van der Waals surface area contributed by atoms with Gasteiger partial charge in [-0.05, 0) is 25.9 Å². The minimum Gasteiger partial charge on any atom is -0.298 e. The van der Waals surface area contributed by atoms with E-state index in [-0.39, 0.29) is 0 Å². The zero-order valence-electron chi connectivity index (χ0n) is 8.78. The third kappa shape index (κ3) is 3.12. The van der Waals surface area contributed by atoms with Crippen molar-refractivity contribution in [3.05, 3.63) is 5.01 Å². The van der Waals surface area contributed by atoms with Crippen LogP contribution in [0, 0.1) is 0 Å². The molecule has 2 heterocycles. The number of hydrazine groups is 1. The van der Waals surface area contributed by atoms with Crippen molar-refractivity contribution in [3.8, 4) is 0 Å². The van der Waals surface area contributed by atoms with Crippen LogP contribution in [0.15, 0.2) is 0 Å². The Morgan fingerprint density at radius 2 is 1.93 bits per heavy atom. The topological polar surface area (TPSA) is 67.1 Å². The number of anilines is 1. The molecule has 1 aliphatic rings. The number of nitrogens with zero attached hydrogens (tertiary/aromatic N) is 3. The summed E-state index contributed by atoms with van der Waals surface area (Å²) in [6.07, 6.45) is 5.34. The van der Waals surface area contributed by atoms with Crippen molar-refractivity contribution in [2.75, 3.05) is 18.5 Å². The van der Waals surface area contributed by atoms with Crippen LogP contribution in [-0.2, 0) is 6.54 Å². The lowest BCUT2D eigenvalue weighted by Crippen LogP contribution is -2.23. The largest absolute Gasteiger partial charge is 0.298 e. The Labute approximate surface area is 93.6 Å². The van der Waals surface area contributed by atoms with Crippen LogP contribution in [0.3, 0.4) is 0 Å². The lowest BCUT2D eigenvalue weighted by Gasteiger charge is -2.17. The van der Waals surface area contributed by atoms with Crippen LogP contribution >= 0.6 is 11.3 Å². The first kappa shape index (κ1) is 10.8. The molecule has 0 unspecified atom stereocenters. The Kier molecular flexibility index (Phi) is 3.87. The molecule has 0 bridgehead atoms. The molecule has 3 N–H and O–H groups in total. The summed E-state index contributed by atoms with van der Waals surface area (Å²) in [5.41, 5.74) is 2.52. The molecule has 1 aromatic rings. The summed E-state index contributed by atoms with van der Waals surface area (Å²) in [7, 11) is 0. The van der Waals surface area contributed by atoms with E-state index in [1.807, 2.05) is 0 Å². The van der Waals surface area contributed by atoms with Gasteiger partial charge in [0.15, 0.2) is 0 Å². The summed E-state index contributed by atoms with van der Waals surface area (Å²) in [6, 6.07) is 0. The summed E-state index contributed by atoms with van der Waals surface area (Å²) in [4.78, 5) is 2.45. The van der Waals surface area contributed by atoms with Gasteiger partial charge in [0.05, 0.1) is 6.54 Å². The Morgan fingerprint density at radius 3 is 2.53 bits per heavy atom. The van der Waals surface area contributed by atoms with Crippen molar-refractivity contribution >= 4 is 16.5 Å². The van der Waals surface area contributed by atoms with E-state index in [9.17, 15) is 0 Å². The summed E-state index contributed by atoms with van der Waals surface area (Å²) >= 11 is 1.53. The van der Waals surface area contributed by atoms with Gasteiger partial charge < -0.3 is 0 Å². The molecule has 15 heavy (non-hydrogen) atoms. The molecular formula is C9H17N5S. The summed E-state index contributed by atoms with van der Waals surface area (Å²) < 4.78 is 0. The predicted molar refractivity (Wildman–Crippen MR) is 61.5 cm³/mol. The molecule has 84 valence electrons. The second-order valence-electron chi connectivity index (χ2n) is 3.84. The molecule has 0 aliphatic carbocycles. The number of likely N-dealkylation sites (tertiary alicyclic amines) is 1. The molecule has 1 aliphatic heterocycles. The van der Waals surface area contributed by atoms with Gasteiger partial charge in [0.1, 0.15) is 5.01 Å². The van der Waals surface area contributed by atoms with E-state index < -0.39 is 0 Å². The number of hydrogen-bond donors (Lipinski definition) is 2. The lowest BCUT2D eigenvalue weighted by atomic mass is 10.2. The van der Waals surface area contributed by atoms with Crippen molar-refractivity contribution in [2.24, 2.45) is 5.84 Å². The first-order valence-corrected chi connectivity index (χ1v) is 6.21. The molecule has 0 aromatic carbocycles. The molecule has 0 radical (unpaired) electrons. The maximum absolute atomic E-state index is 5.27. The first-order valence-electron chi connectivity index (χ1n) is 5.40. The van der Waals surface area contributed by atoms with Gasteiger partial charge in [-0.15, -0.1) is 10.2 Å². The van der Waals surface area contributed by atoms with Crippen LogP contribution in [0.25, 0.3) is 0 Å². The zero-order chi connectivity index (χ0) is 10.5. The number of aromatic nitrogens is 2. The van der Waals surface area contributed by atoms with Crippen LogP contribution < -0.4 is 11.3 Å². The maximum atomic E-state index is 5.27. The van der Waals surface area contributed by atoms with Crippen LogP contribution in [0.5, 0.6) is 0 Å². The SMILES string of the molecule is NNc1nnc(CN2CCCCCC2)s1. The number of nitrogens with two attached hydrogens (primary N) is 1. The van der Waals surface area contributed by atoms with Gasteiger partial charge in [-0.25, -0.2) is 5.84 Å². The highest BCUT2D eigenvalue weighted by molar-refractivity contribution is 7.15. The van der Waals surface area contributed by atoms with Crippen LogP contribution in [0.2, 0.25) is 0 Å². The third-order valence-electron chi connectivity index (χ3n) is 2.65. The Hall–Kier alpha value is -0.720. The van der Waals surface area contributed by atoms with Gasteiger partial charge in [0.2, 0.25) is 5.13 Å². The quantitative estimate of drug-likeness (QED) is 0.600. The van der Waals surface area contributed by atoms with E-state index in [4.69, 9.17) is 5.84 Å². The number of nitrogen functional groups attached to an aromatic ring is 1. The van der Waals surface area contributed by atoms with Gasteiger partial charge >= 0.3 is 0 Å². The van der Waals surface area contributed by atoms with Crippen molar-refractivity contribution in [2.45, 2.75) is 32.2 Å². The van der Waals surface area contributed by atoms with Crippen molar-refractivity contribution in [1.29, 1.82) is 0 Å². The highest BCUT2D eigenvalue weighted by Crippen LogP contribution is 2.17. The van der Waals surface area contributed by atoms with E-state index in [0.717, 1.165) is 11.6 Å². The number of nitrogens with one attached hydrogen (secondary N) is 1. The van der Waals surface area contributed by atoms with Crippen molar-refractivity contribution in [3.63, 3.8) is 0 Å².